The summed E-state index contributed by atoms with van der Waals surface area (Å²) in [6, 6.07) is 7.87. The number of rotatable bonds is 7. The summed E-state index contributed by atoms with van der Waals surface area (Å²) in [5.74, 6) is 0.820. The first-order valence-corrected chi connectivity index (χ1v) is 7.41. The average Bonchev–Trinajstić information content (AvgIpc) is 2.38. The summed E-state index contributed by atoms with van der Waals surface area (Å²) in [4.78, 5) is 14.6. The highest BCUT2D eigenvalue weighted by Crippen LogP contribution is 2.13. The van der Waals surface area contributed by atoms with Gasteiger partial charge in [0.1, 0.15) is 0 Å². The molecule has 0 heterocycles. The predicted molar refractivity (Wildman–Crippen MR) is 81.4 cm³/mol. The minimum Gasteiger partial charge on any atom is -0.339 e. The van der Waals surface area contributed by atoms with Crippen LogP contribution in [0.3, 0.4) is 0 Å². The molecule has 1 amide bonds. The predicted octanol–water partition coefficient (Wildman–Crippen LogP) is 4.28. The molecule has 0 spiro atoms. The lowest BCUT2D eigenvalue weighted by molar-refractivity contribution is 0.0745. The van der Waals surface area contributed by atoms with E-state index in [0.717, 1.165) is 43.5 Å². The zero-order chi connectivity index (χ0) is 14.3. The molecule has 0 bridgehead atoms. The Bertz CT molecular complexity index is 398. The molecule has 1 aromatic rings. The highest BCUT2D eigenvalue weighted by atomic mass is 16.2. The summed E-state index contributed by atoms with van der Waals surface area (Å²) in [6.45, 7) is 10.3. The molecule has 1 aromatic carbocycles. The Balaban J connectivity index is 2.78. The SMILES string of the molecule is CCCCN(CCC(C)C)C(=O)c1ccccc1C. The van der Waals surface area contributed by atoms with Gasteiger partial charge < -0.3 is 4.90 Å². The maximum absolute atomic E-state index is 12.6. The van der Waals surface area contributed by atoms with Crippen LogP contribution in [0.25, 0.3) is 0 Å². The van der Waals surface area contributed by atoms with Crippen LogP contribution in [0.2, 0.25) is 0 Å². The van der Waals surface area contributed by atoms with E-state index in [1.54, 1.807) is 0 Å². The molecule has 19 heavy (non-hydrogen) atoms. The largest absolute Gasteiger partial charge is 0.339 e. The molecular formula is C17H27NO. The molecule has 0 saturated heterocycles. The van der Waals surface area contributed by atoms with Crippen molar-refractivity contribution in [3.05, 3.63) is 35.4 Å². The Kier molecular flexibility index (Phi) is 6.61. The highest BCUT2D eigenvalue weighted by molar-refractivity contribution is 5.95. The number of nitrogens with zero attached hydrogens (tertiary/aromatic N) is 1. The van der Waals surface area contributed by atoms with Crippen LogP contribution in [0.1, 0.15) is 56.0 Å². The summed E-state index contributed by atoms with van der Waals surface area (Å²) in [5, 5.41) is 0. The molecule has 0 saturated carbocycles. The number of amides is 1. The van der Waals surface area contributed by atoms with Gasteiger partial charge in [0.15, 0.2) is 0 Å². The minimum atomic E-state index is 0.187. The third kappa shape index (κ3) is 5.06. The second kappa shape index (κ2) is 7.98. The molecule has 0 radical (unpaired) electrons. The number of carbonyl (C=O) groups excluding carboxylic acids is 1. The number of hydrogen-bond donors (Lipinski definition) is 0. The molecule has 0 aromatic heterocycles. The van der Waals surface area contributed by atoms with Crippen molar-refractivity contribution in [2.45, 2.75) is 47.0 Å². The van der Waals surface area contributed by atoms with Crippen molar-refractivity contribution in [3.8, 4) is 0 Å². The molecule has 0 aliphatic rings. The molecule has 0 N–H and O–H groups in total. The van der Waals surface area contributed by atoms with Crippen molar-refractivity contribution >= 4 is 5.91 Å². The Labute approximate surface area is 117 Å². The summed E-state index contributed by atoms with van der Waals surface area (Å²) in [6.07, 6.45) is 3.27. The van der Waals surface area contributed by atoms with Crippen LogP contribution in [0.5, 0.6) is 0 Å². The van der Waals surface area contributed by atoms with Gasteiger partial charge in [0.2, 0.25) is 0 Å². The summed E-state index contributed by atoms with van der Waals surface area (Å²) in [7, 11) is 0. The van der Waals surface area contributed by atoms with Gasteiger partial charge in [-0.05, 0) is 37.3 Å². The van der Waals surface area contributed by atoms with Gasteiger partial charge in [-0.25, -0.2) is 0 Å². The van der Waals surface area contributed by atoms with Gasteiger partial charge in [-0.15, -0.1) is 0 Å². The summed E-state index contributed by atoms with van der Waals surface area (Å²) < 4.78 is 0. The van der Waals surface area contributed by atoms with Crippen LogP contribution >= 0.6 is 0 Å². The van der Waals surface area contributed by atoms with Gasteiger partial charge in [0.25, 0.3) is 5.91 Å². The highest BCUT2D eigenvalue weighted by Gasteiger charge is 2.16. The zero-order valence-corrected chi connectivity index (χ0v) is 12.8. The van der Waals surface area contributed by atoms with Gasteiger partial charge in [0, 0.05) is 18.7 Å². The van der Waals surface area contributed by atoms with Crippen LogP contribution in [0, 0.1) is 12.8 Å². The van der Waals surface area contributed by atoms with Crippen molar-refractivity contribution in [2.24, 2.45) is 5.92 Å². The van der Waals surface area contributed by atoms with Crippen molar-refractivity contribution in [1.29, 1.82) is 0 Å². The monoisotopic (exact) mass is 261 g/mol. The second-order valence-corrected chi connectivity index (χ2v) is 5.64. The van der Waals surface area contributed by atoms with Crippen LogP contribution in [0.4, 0.5) is 0 Å². The normalized spacial score (nSPS) is 10.8. The molecule has 0 fully saturated rings. The van der Waals surface area contributed by atoms with Gasteiger partial charge >= 0.3 is 0 Å². The zero-order valence-electron chi connectivity index (χ0n) is 12.8. The number of benzene rings is 1. The van der Waals surface area contributed by atoms with Crippen LogP contribution < -0.4 is 0 Å². The molecule has 2 heteroatoms. The summed E-state index contributed by atoms with van der Waals surface area (Å²) in [5.41, 5.74) is 1.92. The molecule has 0 atom stereocenters. The number of hydrogen-bond acceptors (Lipinski definition) is 1. The van der Waals surface area contributed by atoms with E-state index in [2.05, 4.69) is 20.8 Å². The topological polar surface area (TPSA) is 20.3 Å². The van der Waals surface area contributed by atoms with Gasteiger partial charge in [-0.3, -0.25) is 4.79 Å². The van der Waals surface area contributed by atoms with Crippen molar-refractivity contribution < 1.29 is 4.79 Å². The maximum atomic E-state index is 12.6. The van der Waals surface area contributed by atoms with Crippen molar-refractivity contribution in [3.63, 3.8) is 0 Å². The lowest BCUT2D eigenvalue weighted by atomic mass is 10.1. The molecule has 106 valence electrons. The molecule has 0 aliphatic carbocycles. The first-order chi connectivity index (χ1) is 9.06. The number of carbonyl (C=O) groups is 1. The molecule has 0 unspecified atom stereocenters. The standard InChI is InChI=1S/C17H27NO/c1-5-6-12-18(13-11-14(2)3)17(19)16-10-8-7-9-15(16)4/h7-10,14H,5-6,11-13H2,1-4H3. The molecular weight excluding hydrogens is 234 g/mol. The van der Waals surface area contributed by atoms with Crippen LogP contribution in [-0.4, -0.2) is 23.9 Å². The fraction of sp³-hybridized carbons (Fsp3) is 0.588. The Morgan fingerprint density at radius 3 is 2.47 bits per heavy atom. The van der Waals surface area contributed by atoms with Crippen molar-refractivity contribution in [1.82, 2.24) is 4.90 Å². The van der Waals surface area contributed by atoms with Crippen molar-refractivity contribution in [2.75, 3.05) is 13.1 Å². The molecule has 1 rings (SSSR count). The Morgan fingerprint density at radius 2 is 1.89 bits per heavy atom. The first kappa shape index (κ1) is 15.7. The van der Waals surface area contributed by atoms with Gasteiger partial charge in [0.05, 0.1) is 0 Å². The summed E-state index contributed by atoms with van der Waals surface area (Å²) >= 11 is 0. The van der Waals surface area contributed by atoms with Crippen LogP contribution in [0.15, 0.2) is 24.3 Å². The van der Waals surface area contributed by atoms with E-state index in [-0.39, 0.29) is 5.91 Å². The Hall–Kier alpha value is -1.31. The fourth-order valence-electron chi connectivity index (χ4n) is 2.06. The van der Waals surface area contributed by atoms with E-state index in [1.165, 1.54) is 0 Å². The van der Waals surface area contributed by atoms with E-state index in [0.29, 0.717) is 5.92 Å². The quantitative estimate of drug-likeness (QED) is 0.717. The van der Waals surface area contributed by atoms with Crippen LogP contribution in [-0.2, 0) is 0 Å². The smallest absolute Gasteiger partial charge is 0.254 e. The van der Waals surface area contributed by atoms with E-state index in [4.69, 9.17) is 0 Å². The lowest BCUT2D eigenvalue weighted by Gasteiger charge is -2.24. The average molecular weight is 261 g/mol. The van der Waals surface area contributed by atoms with Gasteiger partial charge in [-0.2, -0.15) is 0 Å². The van der Waals surface area contributed by atoms with E-state index < -0.39 is 0 Å². The van der Waals surface area contributed by atoms with Gasteiger partial charge in [-0.1, -0.05) is 45.4 Å². The Morgan fingerprint density at radius 1 is 1.21 bits per heavy atom. The van der Waals surface area contributed by atoms with E-state index in [1.807, 2.05) is 36.1 Å². The van der Waals surface area contributed by atoms with E-state index >= 15 is 0 Å². The number of aryl methyl sites for hydroxylation is 1. The molecule has 0 aliphatic heterocycles. The molecule has 2 nitrogen and oxygen atoms in total. The lowest BCUT2D eigenvalue weighted by Crippen LogP contribution is -2.34. The first-order valence-electron chi connectivity index (χ1n) is 7.41. The fourth-order valence-corrected chi connectivity index (χ4v) is 2.06. The third-order valence-corrected chi connectivity index (χ3v) is 3.42. The maximum Gasteiger partial charge on any atom is 0.254 e. The third-order valence-electron chi connectivity index (χ3n) is 3.42. The number of unbranched alkanes of at least 4 members (excludes halogenated alkanes) is 1. The minimum absolute atomic E-state index is 0.187. The van der Waals surface area contributed by atoms with E-state index in [9.17, 15) is 4.79 Å². The second-order valence-electron chi connectivity index (χ2n) is 5.64.